The van der Waals surface area contributed by atoms with Gasteiger partial charge in [0.15, 0.2) is 0 Å². The predicted octanol–water partition coefficient (Wildman–Crippen LogP) is 2.17. The van der Waals surface area contributed by atoms with Gasteiger partial charge in [0.25, 0.3) is 0 Å². The minimum absolute atomic E-state index is 0.178. The summed E-state index contributed by atoms with van der Waals surface area (Å²) in [6, 6.07) is 4.25. The Balaban J connectivity index is 2.56. The fourth-order valence-corrected chi connectivity index (χ4v) is 1.12. The van der Waals surface area contributed by atoms with E-state index in [2.05, 4.69) is 0 Å². The van der Waals surface area contributed by atoms with Crippen molar-refractivity contribution >= 4 is 35.3 Å². The number of amides is 1. The molecule has 0 saturated carbocycles. The van der Waals surface area contributed by atoms with E-state index in [1.165, 1.54) is 18.2 Å². The van der Waals surface area contributed by atoms with Crippen LogP contribution in [0.4, 0.5) is 4.79 Å². The highest BCUT2D eigenvalue weighted by molar-refractivity contribution is 6.42. The summed E-state index contributed by atoms with van der Waals surface area (Å²) in [5.41, 5.74) is 0. The van der Waals surface area contributed by atoms with Crippen LogP contribution < -0.4 is 10.1 Å². The third kappa shape index (κ3) is 3.96. The smallest absolute Gasteiger partial charge is 0.413 e. The summed E-state index contributed by atoms with van der Waals surface area (Å²) >= 11 is 11.3. The van der Waals surface area contributed by atoms with Crippen molar-refractivity contribution in [3.8, 4) is 5.75 Å². The molecule has 5 nitrogen and oxygen atoms in total. The van der Waals surface area contributed by atoms with Crippen molar-refractivity contribution in [3.05, 3.63) is 28.2 Å². The fraction of sp³-hybridized carbons (Fsp3) is 0.111. The van der Waals surface area contributed by atoms with Gasteiger partial charge in [0.05, 0.1) is 10.0 Å². The largest absolute Gasteiger partial charge is 0.480 e. The second-order valence-electron chi connectivity index (χ2n) is 2.71. The van der Waals surface area contributed by atoms with Crippen LogP contribution in [0.3, 0.4) is 0 Å². The molecule has 1 rings (SSSR count). The first-order chi connectivity index (χ1) is 7.49. The minimum atomic E-state index is -1.16. The maximum atomic E-state index is 11.0. The Morgan fingerprint density at radius 2 is 2.00 bits per heavy atom. The zero-order valence-corrected chi connectivity index (χ0v) is 9.38. The van der Waals surface area contributed by atoms with Crippen LogP contribution in [0.2, 0.25) is 10.0 Å². The topological polar surface area (TPSA) is 75.6 Å². The second-order valence-corrected chi connectivity index (χ2v) is 3.53. The third-order valence-corrected chi connectivity index (χ3v) is 2.22. The molecule has 0 spiro atoms. The lowest BCUT2D eigenvalue weighted by Gasteiger charge is -2.05. The van der Waals surface area contributed by atoms with Crippen molar-refractivity contribution in [2.45, 2.75) is 0 Å². The lowest BCUT2D eigenvalue weighted by Crippen LogP contribution is -2.31. The number of carboxylic acid groups (broad SMARTS) is 1. The zero-order valence-electron chi connectivity index (χ0n) is 7.87. The Labute approximate surface area is 101 Å². The minimum Gasteiger partial charge on any atom is -0.480 e. The Bertz CT molecular complexity index is 422. The van der Waals surface area contributed by atoms with Crippen molar-refractivity contribution in [2.75, 3.05) is 6.54 Å². The molecule has 1 aromatic rings. The number of hydrogen-bond acceptors (Lipinski definition) is 3. The quantitative estimate of drug-likeness (QED) is 0.877. The number of nitrogens with one attached hydrogen (secondary N) is 1. The number of carbonyl (C=O) groups is 2. The molecule has 0 unspecified atom stereocenters. The SMILES string of the molecule is O=C(O)CNC(=O)Oc1ccc(Cl)c(Cl)c1. The van der Waals surface area contributed by atoms with Crippen LogP contribution in [-0.2, 0) is 4.79 Å². The highest BCUT2D eigenvalue weighted by atomic mass is 35.5. The average Bonchev–Trinajstić information content (AvgIpc) is 2.21. The Morgan fingerprint density at radius 3 is 2.56 bits per heavy atom. The van der Waals surface area contributed by atoms with Crippen molar-refractivity contribution in [2.24, 2.45) is 0 Å². The van der Waals surface area contributed by atoms with Gasteiger partial charge >= 0.3 is 12.1 Å². The molecule has 0 atom stereocenters. The van der Waals surface area contributed by atoms with Crippen LogP contribution in [0.15, 0.2) is 18.2 Å². The van der Waals surface area contributed by atoms with Gasteiger partial charge in [0.1, 0.15) is 12.3 Å². The average molecular weight is 264 g/mol. The molecular weight excluding hydrogens is 257 g/mol. The molecule has 0 bridgehead atoms. The van der Waals surface area contributed by atoms with Crippen LogP contribution in [0.25, 0.3) is 0 Å². The van der Waals surface area contributed by atoms with Gasteiger partial charge in [-0.15, -0.1) is 0 Å². The number of rotatable bonds is 3. The van der Waals surface area contributed by atoms with Gasteiger partial charge in [0.2, 0.25) is 0 Å². The Hall–Kier alpha value is -1.46. The Morgan fingerprint density at radius 1 is 1.31 bits per heavy atom. The van der Waals surface area contributed by atoms with Crippen molar-refractivity contribution in [1.82, 2.24) is 5.32 Å². The summed E-state index contributed by atoms with van der Waals surface area (Å²) in [6.07, 6.45) is -0.874. The molecule has 0 aromatic heterocycles. The summed E-state index contributed by atoms with van der Waals surface area (Å²) in [5.74, 6) is -0.983. The molecule has 1 aromatic carbocycles. The molecule has 1 amide bonds. The van der Waals surface area contributed by atoms with Crippen LogP contribution in [0.1, 0.15) is 0 Å². The molecule has 2 N–H and O–H groups in total. The number of ether oxygens (including phenoxy) is 1. The lowest BCUT2D eigenvalue weighted by atomic mass is 10.3. The van der Waals surface area contributed by atoms with Crippen LogP contribution in [0.5, 0.6) is 5.75 Å². The highest BCUT2D eigenvalue weighted by Crippen LogP contribution is 2.26. The van der Waals surface area contributed by atoms with E-state index in [1.807, 2.05) is 5.32 Å². The maximum absolute atomic E-state index is 11.0. The summed E-state index contributed by atoms with van der Waals surface area (Å²) in [7, 11) is 0. The summed E-state index contributed by atoms with van der Waals surface area (Å²) in [4.78, 5) is 21.2. The van der Waals surface area contributed by atoms with Gasteiger partial charge in [-0.25, -0.2) is 4.79 Å². The van der Waals surface area contributed by atoms with Gasteiger partial charge in [-0.05, 0) is 12.1 Å². The van der Waals surface area contributed by atoms with E-state index in [0.717, 1.165) is 0 Å². The molecule has 16 heavy (non-hydrogen) atoms. The standard InChI is InChI=1S/C9H7Cl2NO4/c10-6-2-1-5(3-7(6)11)16-9(15)12-4-8(13)14/h1-3H,4H2,(H,12,15)(H,13,14). The normalized spacial score (nSPS) is 9.62. The van der Waals surface area contributed by atoms with Crippen LogP contribution in [0, 0.1) is 0 Å². The van der Waals surface area contributed by atoms with Crippen molar-refractivity contribution in [3.63, 3.8) is 0 Å². The van der Waals surface area contributed by atoms with E-state index in [0.29, 0.717) is 5.02 Å². The number of carboxylic acids is 1. The fourth-order valence-electron chi connectivity index (χ4n) is 0.831. The molecule has 7 heteroatoms. The molecule has 86 valence electrons. The molecule has 0 radical (unpaired) electrons. The number of hydrogen-bond donors (Lipinski definition) is 2. The predicted molar refractivity (Wildman–Crippen MR) is 58.1 cm³/mol. The van der Waals surface area contributed by atoms with Crippen molar-refractivity contribution in [1.29, 1.82) is 0 Å². The zero-order chi connectivity index (χ0) is 12.1. The number of benzene rings is 1. The highest BCUT2D eigenvalue weighted by Gasteiger charge is 2.07. The summed E-state index contributed by atoms with van der Waals surface area (Å²) in [5, 5.41) is 10.9. The molecule has 0 aliphatic heterocycles. The van der Waals surface area contributed by atoms with E-state index >= 15 is 0 Å². The third-order valence-electron chi connectivity index (χ3n) is 1.49. The van der Waals surface area contributed by atoms with E-state index in [1.54, 1.807) is 0 Å². The molecule has 0 saturated heterocycles. The maximum Gasteiger partial charge on any atom is 0.413 e. The van der Waals surface area contributed by atoms with Gasteiger partial charge in [-0.3, -0.25) is 4.79 Å². The van der Waals surface area contributed by atoms with E-state index in [9.17, 15) is 9.59 Å². The van der Waals surface area contributed by atoms with Gasteiger partial charge in [-0.2, -0.15) is 0 Å². The number of halogens is 2. The number of carbonyl (C=O) groups excluding carboxylic acids is 1. The van der Waals surface area contributed by atoms with Gasteiger partial charge < -0.3 is 15.2 Å². The van der Waals surface area contributed by atoms with Gasteiger partial charge in [0, 0.05) is 6.07 Å². The molecule has 0 fully saturated rings. The molecule has 0 aliphatic rings. The molecular formula is C9H7Cl2NO4. The van der Waals surface area contributed by atoms with Crippen molar-refractivity contribution < 1.29 is 19.4 Å². The van der Waals surface area contributed by atoms with E-state index in [4.69, 9.17) is 33.0 Å². The number of aliphatic carboxylic acids is 1. The van der Waals surface area contributed by atoms with E-state index in [-0.39, 0.29) is 10.8 Å². The molecule has 0 heterocycles. The lowest BCUT2D eigenvalue weighted by molar-refractivity contribution is -0.135. The van der Waals surface area contributed by atoms with Crippen LogP contribution >= 0.6 is 23.2 Å². The first-order valence-electron chi connectivity index (χ1n) is 4.11. The molecule has 0 aliphatic carbocycles. The second kappa shape index (κ2) is 5.58. The first-order valence-corrected chi connectivity index (χ1v) is 4.87. The van der Waals surface area contributed by atoms with Crippen LogP contribution in [-0.4, -0.2) is 23.7 Å². The summed E-state index contributed by atoms with van der Waals surface area (Å²) in [6.45, 7) is -0.514. The Kier molecular flexibility index (Phi) is 4.39. The first kappa shape index (κ1) is 12.6. The van der Waals surface area contributed by atoms with Gasteiger partial charge in [-0.1, -0.05) is 23.2 Å². The monoisotopic (exact) mass is 263 g/mol. The summed E-state index contributed by atoms with van der Waals surface area (Å²) < 4.78 is 4.74. The van der Waals surface area contributed by atoms with E-state index < -0.39 is 18.6 Å².